The van der Waals surface area contributed by atoms with Crippen LogP contribution in [0.25, 0.3) is 78.3 Å². The summed E-state index contributed by atoms with van der Waals surface area (Å²) in [5.41, 5.74) is 17.8. The van der Waals surface area contributed by atoms with E-state index in [1.165, 1.54) is 72.0 Å². The monoisotopic (exact) mass is 909 g/mol. The number of amidine groups is 1. The molecule has 2 aromatic heterocycles. The van der Waals surface area contributed by atoms with Gasteiger partial charge in [0.2, 0.25) is 0 Å². The molecule has 0 amide bonds. The van der Waals surface area contributed by atoms with Gasteiger partial charge in [-0.1, -0.05) is 204 Å². The standard InChI is InChI=1S/C62H47N3O.2C2H6/c1-3-55(41-22-8-5-9-23-41)64-61(42-24-18-30-48-59(36-42)66-58-35-19-29-43(60(48)58)40-20-6-4-7-21-40)63-39(2)65-56-34-17-13-28-47(56)50-37-54-49(38-57(50)65)46-27-12-16-33-53(46)62(54)51-31-14-10-25-44(51)45-26-11-15-32-52(45)62;2*1-2/h4-17,19-23,25-38,42,55H,3,18,24H2,1-2H3;2*1-2H3. The number of para-hydroxylation sites is 1. The molecule has 10 aromatic rings. The number of rotatable bonds is 5. The second-order valence-corrected chi connectivity index (χ2v) is 18.1. The van der Waals surface area contributed by atoms with Gasteiger partial charge in [-0.2, -0.15) is 0 Å². The molecule has 2 atom stereocenters. The van der Waals surface area contributed by atoms with Crippen molar-refractivity contribution in [3.8, 4) is 33.4 Å². The van der Waals surface area contributed by atoms with E-state index in [0.717, 1.165) is 63.6 Å². The first kappa shape index (κ1) is 44.7. The molecule has 2 unspecified atom stereocenters. The van der Waals surface area contributed by atoms with E-state index < -0.39 is 5.41 Å². The zero-order chi connectivity index (χ0) is 47.9. The molecule has 0 fully saturated rings. The van der Waals surface area contributed by atoms with Crippen LogP contribution < -0.4 is 10.6 Å². The van der Waals surface area contributed by atoms with Gasteiger partial charge < -0.3 is 4.42 Å². The van der Waals surface area contributed by atoms with Gasteiger partial charge in [0, 0.05) is 27.3 Å². The third-order valence-electron chi connectivity index (χ3n) is 14.6. The molecule has 0 aliphatic heterocycles. The van der Waals surface area contributed by atoms with E-state index in [1.807, 2.05) is 27.7 Å². The molecular formula is C66H59N3O. The molecule has 2 heterocycles. The highest BCUT2D eigenvalue weighted by Gasteiger charge is 2.51. The van der Waals surface area contributed by atoms with Gasteiger partial charge in [-0.05, 0) is 118 Å². The van der Waals surface area contributed by atoms with Gasteiger partial charge in [0.25, 0.3) is 0 Å². The molecule has 13 rings (SSSR count). The Morgan fingerprint density at radius 1 is 0.600 bits per heavy atom. The molecule has 4 heteroatoms. The lowest BCUT2D eigenvalue weighted by molar-refractivity contribution is 0.571. The first-order valence-corrected chi connectivity index (χ1v) is 25.5. The third kappa shape index (κ3) is 6.95. The summed E-state index contributed by atoms with van der Waals surface area (Å²) in [7, 11) is 0. The van der Waals surface area contributed by atoms with E-state index in [1.54, 1.807) is 0 Å². The molecule has 0 bridgehead atoms. The summed E-state index contributed by atoms with van der Waals surface area (Å²) in [5.74, 6) is 1.63. The van der Waals surface area contributed by atoms with Gasteiger partial charge in [-0.25, -0.2) is 4.99 Å². The fourth-order valence-electron chi connectivity index (χ4n) is 11.8. The van der Waals surface area contributed by atoms with Crippen LogP contribution in [0.1, 0.15) is 94.7 Å². The lowest BCUT2D eigenvalue weighted by Crippen LogP contribution is -2.25. The summed E-state index contributed by atoms with van der Waals surface area (Å²) < 4.78 is 9.17. The number of hydrogen-bond donors (Lipinski definition) is 0. The number of furan rings is 1. The summed E-state index contributed by atoms with van der Waals surface area (Å²) in [5, 5.41) is 4.75. The van der Waals surface area contributed by atoms with Crippen LogP contribution in [0.2, 0.25) is 0 Å². The number of aliphatic imine (C=N–C) groups is 2. The third-order valence-corrected chi connectivity index (χ3v) is 14.6. The first-order chi connectivity index (χ1) is 34.6. The zero-order valence-corrected chi connectivity index (χ0v) is 41.1. The molecule has 0 saturated carbocycles. The Balaban J connectivity index is 0.00000130. The predicted molar refractivity (Wildman–Crippen MR) is 296 cm³/mol. The normalized spacial score (nSPS) is 15.5. The van der Waals surface area contributed by atoms with Crippen molar-refractivity contribution in [3.63, 3.8) is 0 Å². The topological polar surface area (TPSA) is 42.8 Å². The van der Waals surface area contributed by atoms with Crippen LogP contribution in [0.15, 0.2) is 202 Å². The molecule has 0 radical (unpaired) electrons. The Morgan fingerprint density at radius 2 is 1.19 bits per heavy atom. The van der Waals surface area contributed by atoms with Crippen molar-refractivity contribution < 1.29 is 4.42 Å². The molecule has 4 nitrogen and oxygen atoms in total. The maximum atomic E-state index is 6.78. The van der Waals surface area contributed by atoms with Gasteiger partial charge in [0.1, 0.15) is 22.7 Å². The largest absolute Gasteiger partial charge is 0.456 e. The summed E-state index contributed by atoms with van der Waals surface area (Å²) in [4.78, 5) is 11.3. The van der Waals surface area contributed by atoms with Gasteiger partial charge in [0.05, 0.1) is 22.5 Å². The molecule has 3 aliphatic carbocycles. The van der Waals surface area contributed by atoms with E-state index in [-0.39, 0.29) is 12.0 Å². The van der Waals surface area contributed by atoms with Crippen molar-refractivity contribution in [1.82, 2.24) is 4.57 Å². The molecule has 344 valence electrons. The zero-order valence-electron chi connectivity index (χ0n) is 41.1. The van der Waals surface area contributed by atoms with E-state index in [4.69, 9.17) is 14.4 Å². The van der Waals surface area contributed by atoms with Crippen LogP contribution in [0.5, 0.6) is 0 Å². The van der Waals surface area contributed by atoms with Crippen LogP contribution in [0.4, 0.5) is 0 Å². The Bertz CT molecular complexity index is 3730. The van der Waals surface area contributed by atoms with Crippen LogP contribution in [-0.2, 0) is 5.41 Å². The predicted octanol–water partition coefficient (Wildman–Crippen LogP) is 16.1. The van der Waals surface area contributed by atoms with Gasteiger partial charge >= 0.3 is 0 Å². The Morgan fingerprint density at radius 3 is 1.86 bits per heavy atom. The van der Waals surface area contributed by atoms with E-state index in [2.05, 4.69) is 219 Å². The fourth-order valence-corrected chi connectivity index (χ4v) is 11.8. The van der Waals surface area contributed by atoms with Crippen LogP contribution in [-0.4, -0.2) is 16.2 Å². The first-order valence-electron chi connectivity index (χ1n) is 25.5. The quantitative estimate of drug-likeness (QED) is 0.125. The molecule has 3 aliphatic rings. The highest BCUT2D eigenvalue weighted by Crippen LogP contribution is 2.63. The van der Waals surface area contributed by atoms with Crippen molar-refractivity contribution in [2.75, 3.05) is 0 Å². The minimum absolute atomic E-state index is 0.0514. The molecular weight excluding hydrogens is 851 g/mol. The molecule has 0 saturated heterocycles. The lowest BCUT2D eigenvalue weighted by Gasteiger charge is -2.30. The number of nitrogens with zero attached hydrogens (tertiary/aromatic N) is 3. The summed E-state index contributed by atoms with van der Waals surface area (Å²) in [6.45, 7) is 12.4. The fraction of sp³-hybridized carbons (Fsp3) is 0.182. The molecule has 1 spiro atoms. The maximum absolute atomic E-state index is 6.78. The van der Waals surface area contributed by atoms with Gasteiger partial charge in [0.15, 0.2) is 0 Å². The second kappa shape index (κ2) is 18.6. The molecule has 8 aromatic carbocycles. The van der Waals surface area contributed by atoms with E-state index in [0.29, 0.717) is 0 Å². The number of fused-ring (bicyclic) bond motifs is 16. The summed E-state index contributed by atoms with van der Waals surface area (Å²) in [6.07, 6.45) is 7.25. The lowest BCUT2D eigenvalue weighted by atomic mass is 9.70. The average molecular weight is 910 g/mol. The van der Waals surface area contributed by atoms with Crippen molar-refractivity contribution in [3.05, 3.63) is 227 Å². The maximum Gasteiger partial charge on any atom is 0.136 e. The van der Waals surface area contributed by atoms with Crippen LogP contribution in [0, 0.1) is 5.92 Å². The Labute approximate surface area is 411 Å². The summed E-state index contributed by atoms with van der Waals surface area (Å²) >= 11 is 0. The van der Waals surface area contributed by atoms with Crippen molar-refractivity contribution in [1.29, 1.82) is 0 Å². The average Bonchev–Trinajstić information content (AvgIpc) is 4.09. The molecule has 0 N–H and O–H groups in total. The van der Waals surface area contributed by atoms with Crippen molar-refractivity contribution in [2.45, 2.75) is 72.3 Å². The number of hydrogen-bond acceptors (Lipinski definition) is 2. The smallest absolute Gasteiger partial charge is 0.136 e. The van der Waals surface area contributed by atoms with Crippen molar-refractivity contribution >= 4 is 56.6 Å². The Hall–Kier alpha value is -7.82. The van der Waals surface area contributed by atoms with Crippen LogP contribution >= 0.6 is 0 Å². The van der Waals surface area contributed by atoms with E-state index in [9.17, 15) is 0 Å². The Kier molecular flexibility index (Phi) is 11.9. The highest BCUT2D eigenvalue weighted by atomic mass is 16.3. The minimum atomic E-state index is -0.421. The second-order valence-electron chi connectivity index (χ2n) is 18.1. The number of aromatic nitrogens is 1. The van der Waals surface area contributed by atoms with Gasteiger partial charge in [-0.3, -0.25) is 9.56 Å². The minimum Gasteiger partial charge on any atom is -0.456 e. The molecule has 70 heavy (non-hydrogen) atoms. The SMILES string of the molecule is CC.CC.CCC(N=C(N=C(C)n1c2ccccc2c2cc3c(cc21)-c1ccccc1C31c2ccccc2-c2ccccc21)C1C=c2oc3cccc(-c4ccccc4)c3c2=CCC1)c1ccccc1. The van der Waals surface area contributed by atoms with Crippen LogP contribution in [0.3, 0.4) is 0 Å². The number of benzene rings is 8. The van der Waals surface area contributed by atoms with E-state index >= 15 is 0 Å². The van der Waals surface area contributed by atoms with Gasteiger partial charge in [-0.15, -0.1) is 0 Å². The van der Waals surface area contributed by atoms with Crippen molar-refractivity contribution in [2.24, 2.45) is 15.9 Å². The highest BCUT2D eigenvalue weighted by molar-refractivity contribution is 6.17. The summed E-state index contributed by atoms with van der Waals surface area (Å²) in [6, 6.07) is 68.6.